The molecule has 0 radical (unpaired) electrons. The number of amides is 1. The fraction of sp³-hybridized carbons (Fsp3) is 0.217. The summed E-state index contributed by atoms with van der Waals surface area (Å²) in [6, 6.07) is 14.9. The molecule has 0 saturated carbocycles. The molecule has 0 aliphatic carbocycles. The number of carbonyl (C=O) groups is 2. The van der Waals surface area contributed by atoms with Gasteiger partial charge >= 0.3 is 11.7 Å². The van der Waals surface area contributed by atoms with Crippen molar-refractivity contribution in [2.24, 2.45) is 0 Å². The number of benzene rings is 2. The summed E-state index contributed by atoms with van der Waals surface area (Å²) in [4.78, 5) is 49.2. The molecule has 3 aromatic rings. The highest BCUT2D eigenvalue weighted by atomic mass is 16.5. The van der Waals surface area contributed by atoms with Gasteiger partial charge in [-0.05, 0) is 47.4 Å². The number of hydrogen-bond acceptors (Lipinski definition) is 5. The standard InChI is InChI=1S/C23H23N3O5/c1-23(2,3)16-6-4-15(5-7-16)21(29)24-17-8-10-18(11-9-17)31-20(28)14-26-13-12-19(27)25-22(26)30/h4-13H,14H2,1-3H3,(H,24,29)(H,25,27,30). The zero-order chi connectivity index (χ0) is 22.6. The third kappa shape index (κ3) is 5.79. The summed E-state index contributed by atoms with van der Waals surface area (Å²) in [5, 5.41) is 2.79. The molecule has 0 unspecified atom stereocenters. The summed E-state index contributed by atoms with van der Waals surface area (Å²) in [5.74, 6) is -0.664. The van der Waals surface area contributed by atoms with Crippen LogP contribution in [-0.2, 0) is 16.8 Å². The summed E-state index contributed by atoms with van der Waals surface area (Å²) in [5.41, 5.74) is 0.986. The fourth-order valence-corrected chi connectivity index (χ4v) is 2.80. The lowest BCUT2D eigenvalue weighted by Crippen LogP contribution is -2.32. The van der Waals surface area contributed by atoms with Crippen LogP contribution in [-0.4, -0.2) is 21.4 Å². The lowest BCUT2D eigenvalue weighted by atomic mass is 9.87. The van der Waals surface area contributed by atoms with E-state index in [1.54, 1.807) is 24.3 Å². The summed E-state index contributed by atoms with van der Waals surface area (Å²) in [7, 11) is 0. The molecule has 0 fully saturated rings. The normalized spacial score (nSPS) is 11.1. The number of H-pyrrole nitrogens is 1. The molecule has 1 heterocycles. The molecule has 0 atom stereocenters. The van der Waals surface area contributed by atoms with Crippen LogP contribution in [0.15, 0.2) is 70.4 Å². The van der Waals surface area contributed by atoms with Gasteiger partial charge in [-0.1, -0.05) is 32.9 Å². The average molecular weight is 421 g/mol. The Balaban J connectivity index is 1.59. The third-order valence-electron chi connectivity index (χ3n) is 4.55. The minimum Gasteiger partial charge on any atom is -0.425 e. The molecule has 160 valence electrons. The Morgan fingerprint density at radius 2 is 1.61 bits per heavy atom. The first-order valence-corrected chi connectivity index (χ1v) is 9.64. The van der Waals surface area contributed by atoms with Crippen LogP contribution in [0.2, 0.25) is 0 Å². The number of nitrogens with one attached hydrogen (secondary N) is 2. The van der Waals surface area contributed by atoms with Crippen LogP contribution in [0.4, 0.5) is 5.69 Å². The number of rotatable bonds is 5. The molecule has 0 bridgehead atoms. The second-order valence-corrected chi connectivity index (χ2v) is 8.02. The van der Waals surface area contributed by atoms with Gasteiger partial charge in [0, 0.05) is 23.5 Å². The molecule has 0 aliphatic heterocycles. The monoisotopic (exact) mass is 421 g/mol. The quantitative estimate of drug-likeness (QED) is 0.486. The van der Waals surface area contributed by atoms with E-state index < -0.39 is 17.2 Å². The number of anilines is 1. The highest BCUT2D eigenvalue weighted by molar-refractivity contribution is 6.04. The Hall–Kier alpha value is -3.94. The van der Waals surface area contributed by atoms with Crippen molar-refractivity contribution >= 4 is 17.6 Å². The molecule has 8 heteroatoms. The van der Waals surface area contributed by atoms with Gasteiger partial charge < -0.3 is 10.1 Å². The number of ether oxygens (including phenoxy) is 1. The number of nitrogens with zero attached hydrogens (tertiary/aromatic N) is 1. The summed E-state index contributed by atoms with van der Waals surface area (Å²) in [6.07, 6.45) is 1.22. The number of aromatic nitrogens is 2. The van der Waals surface area contributed by atoms with E-state index in [-0.39, 0.29) is 23.6 Å². The van der Waals surface area contributed by atoms with Crippen LogP contribution in [0.1, 0.15) is 36.7 Å². The topological polar surface area (TPSA) is 110 Å². The zero-order valence-electron chi connectivity index (χ0n) is 17.5. The molecular formula is C23H23N3O5. The van der Waals surface area contributed by atoms with Gasteiger partial charge in [0.2, 0.25) is 0 Å². The van der Waals surface area contributed by atoms with Crippen molar-refractivity contribution in [2.45, 2.75) is 32.7 Å². The average Bonchev–Trinajstić information content (AvgIpc) is 2.71. The fourth-order valence-electron chi connectivity index (χ4n) is 2.80. The van der Waals surface area contributed by atoms with Crippen molar-refractivity contribution in [3.8, 4) is 5.75 Å². The van der Waals surface area contributed by atoms with Crippen LogP contribution in [0.5, 0.6) is 5.75 Å². The Morgan fingerprint density at radius 3 is 2.19 bits per heavy atom. The number of hydrogen-bond donors (Lipinski definition) is 2. The zero-order valence-corrected chi connectivity index (χ0v) is 17.5. The van der Waals surface area contributed by atoms with Crippen LogP contribution in [0.3, 0.4) is 0 Å². The van der Waals surface area contributed by atoms with Gasteiger partial charge in [0.05, 0.1) is 0 Å². The molecule has 0 spiro atoms. The van der Waals surface area contributed by atoms with Gasteiger partial charge in [0.25, 0.3) is 11.5 Å². The molecule has 1 amide bonds. The van der Waals surface area contributed by atoms with E-state index in [1.807, 2.05) is 12.1 Å². The van der Waals surface area contributed by atoms with Gasteiger partial charge in [-0.3, -0.25) is 19.1 Å². The van der Waals surface area contributed by atoms with Gasteiger partial charge in [-0.25, -0.2) is 9.59 Å². The molecule has 1 aromatic heterocycles. The maximum atomic E-state index is 12.4. The number of esters is 1. The first-order valence-electron chi connectivity index (χ1n) is 9.64. The predicted molar refractivity (Wildman–Crippen MR) is 116 cm³/mol. The molecule has 0 saturated heterocycles. The highest BCUT2D eigenvalue weighted by Crippen LogP contribution is 2.23. The maximum Gasteiger partial charge on any atom is 0.331 e. The number of carbonyl (C=O) groups excluding carboxylic acids is 2. The van der Waals surface area contributed by atoms with E-state index in [9.17, 15) is 19.2 Å². The van der Waals surface area contributed by atoms with Crippen molar-refractivity contribution in [3.05, 3.63) is 92.8 Å². The molecule has 2 N–H and O–H groups in total. The third-order valence-corrected chi connectivity index (χ3v) is 4.55. The Morgan fingerprint density at radius 1 is 0.968 bits per heavy atom. The van der Waals surface area contributed by atoms with Gasteiger partial charge in [-0.15, -0.1) is 0 Å². The number of aromatic amines is 1. The predicted octanol–water partition coefficient (Wildman–Crippen LogP) is 2.69. The summed E-state index contributed by atoms with van der Waals surface area (Å²) in [6.45, 7) is 5.97. The maximum absolute atomic E-state index is 12.4. The minimum atomic E-state index is -0.696. The van der Waals surface area contributed by atoms with Crippen LogP contribution in [0, 0.1) is 0 Å². The Bertz CT molecular complexity index is 1200. The van der Waals surface area contributed by atoms with Crippen molar-refractivity contribution in [1.29, 1.82) is 0 Å². The molecule has 2 aromatic carbocycles. The SMILES string of the molecule is CC(C)(C)c1ccc(C(=O)Nc2ccc(OC(=O)Cn3ccc(=O)[nH]c3=O)cc2)cc1. The Labute approximate surface area is 178 Å². The lowest BCUT2D eigenvalue weighted by Gasteiger charge is -2.19. The largest absolute Gasteiger partial charge is 0.425 e. The summed E-state index contributed by atoms with van der Waals surface area (Å²) >= 11 is 0. The van der Waals surface area contributed by atoms with Gasteiger partial charge in [-0.2, -0.15) is 0 Å². The smallest absolute Gasteiger partial charge is 0.331 e. The van der Waals surface area contributed by atoms with Crippen LogP contribution in [0.25, 0.3) is 0 Å². The van der Waals surface area contributed by atoms with Gasteiger partial charge in [0.15, 0.2) is 0 Å². The van der Waals surface area contributed by atoms with E-state index in [0.717, 1.165) is 16.2 Å². The molecule has 31 heavy (non-hydrogen) atoms. The lowest BCUT2D eigenvalue weighted by molar-refractivity contribution is -0.135. The van der Waals surface area contributed by atoms with Crippen molar-refractivity contribution in [2.75, 3.05) is 5.32 Å². The Kier molecular flexibility index (Phi) is 6.20. The van der Waals surface area contributed by atoms with E-state index in [0.29, 0.717) is 11.3 Å². The molecule has 3 rings (SSSR count). The second-order valence-electron chi connectivity index (χ2n) is 8.02. The van der Waals surface area contributed by atoms with E-state index >= 15 is 0 Å². The molecule has 0 aliphatic rings. The van der Waals surface area contributed by atoms with E-state index in [1.165, 1.54) is 18.3 Å². The summed E-state index contributed by atoms with van der Waals surface area (Å²) < 4.78 is 6.22. The van der Waals surface area contributed by atoms with Gasteiger partial charge in [0.1, 0.15) is 12.3 Å². The van der Waals surface area contributed by atoms with Crippen molar-refractivity contribution < 1.29 is 14.3 Å². The first-order chi connectivity index (χ1) is 14.6. The van der Waals surface area contributed by atoms with E-state index in [2.05, 4.69) is 31.1 Å². The van der Waals surface area contributed by atoms with E-state index in [4.69, 9.17) is 4.74 Å². The van der Waals surface area contributed by atoms with Crippen LogP contribution >= 0.6 is 0 Å². The second kappa shape index (κ2) is 8.83. The highest BCUT2D eigenvalue weighted by Gasteiger charge is 2.14. The first kappa shape index (κ1) is 21.8. The minimum absolute atomic E-state index is 0.00772. The van der Waals surface area contributed by atoms with Crippen molar-refractivity contribution in [3.63, 3.8) is 0 Å². The molecule has 8 nitrogen and oxygen atoms in total. The van der Waals surface area contributed by atoms with Crippen molar-refractivity contribution in [1.82, 2.24) is 9.55 Å². The molecular weight excluding hydrogens is 398 g/mol. The van der Waals surface area contributed by atoms with Crippen LogP contribution < -0.4 is 21.3 Å².